The van der Waals surface area contributed by atoms with Gasteiger partial charge in [0.1, 0.15) is 5.82 Å². The van der Waals surface area contributed by atoms with Crippen LogP contribution in [0.3, 0.4) is 0 Å². The van der Waals surface area contributed by atoms with E-state index in [0.29, 0.717) is 11.5 Å². The van der Waals surface area contributed by atoms with Crippen molar-refractivity contribution in [2.24, 2.45) is 10.9 Å². The molecule has 104 valence electrons. The van der Waals surface area contributed by atoms with Crippen LogP contribution in [0.1, 0.15) is 30.1 Å². The molecule has 3 rings (SSSR count). The van der Waals surface area contributed by atoms with Crippen LogP contribution in [0.2, 0.25) is 0 Å². The van der Waals surface area contributed by atoms with Crippen molar-refractivity contribution in [3.05, 3.63) is 35.7 Å². The van der Waals surface area contributed by atoms with E-state index in [9.17, 15) is 0 Å². The Bertz CT molecular complexity index is 650. The third kappa shape index (κ3) is 2.44. The van der Waals surface area contributed by atoms with Gasteiger partial charge in [-0.15, -0.1) is 0 Å². The molecule has 2 aromatic rings. The maximum atomic E-state index is 8.74. The van der Waals surface area contributed by atoms with Crippen LogP contribution < -0.4 is 10.6 Å². The van der Waals surface area contributed by atoms with Crippen molar-refractivity contribution in [2.75, 3.05) is 11.9 Å². The quantitative estimate of drug-likeness (QED) is 0.390. The molecule has 0 amide bonds. The van der Waals surface area contributed by atoms with Crippen molar-refractivity contribution in [3.8, 4) is 0 Å². The van der Waals surface area contributed by atoms with Gasteiger partial charge in [0, 0.05) is 35.7 Å². The Morgan fingerprint density at radius 1 is 1.50 bits per heavy atom. The Morgan fingerprint density at radius 2 is 2.30 bits per heavy atom. The third-order valence-electron chi connectivity index (χ3n) is 3.30. The van der Waals surface area contributed by atoms with Crippen LogP contribution >= 0.6 is 11.5 Å². The van der Waals surface area contributed by atoms with Gasteiger partial charge in [0.05, 0.1) is 0 Å². The van der Waals surface area contributed by atoms with E-state index < -0.39 is 0 Å². The van der Waals surface area contributed by atoms with E-state index in [1.54, 1.807) is 6.07 Å². The Morgan fingerprint density at radius 3 is 3.00 bits per heavy atom. The average molecular weight is 289 g/mol. The highest BCUT2D eigenvalue weighted by Crippen LogP contribution is 2.40. The minimum atomic E-state index is 0.0937. The molecule has 20 heavy (non-hydrogen) atoms. The summed E-state index contributed by atoms with van der Waals surface area (Å²) in [6.07, 6.45) is 2.39. The summed E-state index contributed by atoms with van der Waals surface area (Å²) < 4.78 is 4.40. The topological polar surface area (TPSA) is 87.6 Å². The Kier molecular flexibility index (Phi) is 3.27. The van der Waals surface area contributed by atoms with Gasteiger partial charge in [-0.25, -0.2) is 4.98 Å². The summed E-state index contributed by atoms with van der Waals surface area (Å²) in [5, 5.41) is 12.6. The number of amidine groups is 1. The summed E-state index contributed by atoms with van der Waals surface area (Å²) >= 11 is 1.39. The molecule has 0 bridgehead atoms. The van der Waals surface area contributed by atoms with Crippen molar-refractivity contribution >= 4 is 28.2 Å². The lowest BCUT2D eigenvalue weighted by Crippen LogP contribution is -2.15. The van der Waals surface area contributed by atoms with Crippen molar-refractivity contribution < 1.29 is 5.21 Å². The highest BCUT2D eigenvalue weighted by Gasteiger charge is 2.28. The zero-order valence-electron chi connectivity index (χ0n) is 11.0. The molecule has 1 aliphatic rings. The lowest BCUT2D eigenvalue weighted by molar-refractivity contribution is 0.318. The Labute approximate surface area is 120 Å². The fraction of sp³-hybridized carbons (Fsp3) is 0.308. The van der Waals surface area contributed by atoms with Crippen LogP contribution in [0.25, 0.3) is 0 Å². The van der Waals surface area contributed by atoms with Gasteiger partial charge in [0.2, 0.25) is 5.13 Å². The summed E-state index contributed by atoms with van der Waals surface area (Å²) in [5.74, 6) is 1.59. The van der Waals surface area contributed by atoms with Gasteiger partial charge in [-0.2, -0.15) is 4.37 Å². The van der Waals surface area contributed by atoms with E-state index in [2.05, 4.69) is 14.5 Å². The Balaban J connectivity index is 1.86. The molecule has 0 spiro atoms. The number of oxime groups is 1. The summed E-state index contributed by atoms with van der Waals surface area (Å²) in [7, 11) is 1.93. The first-order valence-electron chi connectivity index (χ1n) is 6.34. The maximum absolute atomic E-state index is 8.74. The molecule has 1 aromatic carbocycles. The maximum Gasteiger partial charge on any atom is 0.209 e. The number of anilines is 2. The second kappa shape index (κ2) is 5.09. The van der Waals surface area contributed by atoms with Gasteiger partial charge in [-0.3, -0.25) is 0 Å². The monoisotopic (exact) mass is 289 g/mol. The minimum Gasteiger partial charge on any atom is -0.409 e. The predicted molar refractivity (Wildman–Crippen MR) is 78.9 cm³/mol. The van der Waals surface area contributed by atoms with Gasteiger partial charge in [-0.05, 0) is 25.0 Å². The zero-order valence-corrected chi connectivity index (χ0v) is 11.8. The molecule has 1 saturated carbocycles. The molecule has 0 atom stereocenters. The number of benzene rings is 1. The molecule has 3 N–H and O–H groups in total. The molecule has 1 fully saturated rings. The normalized spacial score (nSPS) is 15.3. The second-order valence-corrected chi connectivity index (χ2v) is 5.53. The molecular weight excluding hydrogens is 274 g/mol. The van der Waals surface area contributed by atoms with Gasteiger partial charge in [0.25, 0.3) is 0 Å². The summed E-state index contributed by atoms with van der Waals surface area (Å²) in [6.45, 7) is 0. The molecule has 6 nitrogen and oxygen atoms in total. The summed E-state index contributed by atoms with van der Waals surface area (Å²) in [6, 6.07) is 7.46. The van der Waals surface area contributed by atoms with Crippen LogP contribution in [0, 0.1) is 0 Å². The third-order valence-corrected chi connectivity index (χ3v) is 4.10. The van der Waals surface area contributed by atoms with Gasteiger partial charge in [-0.1, -0.05) is 17.3 Å². The first kappa shape index (κ1) is 12.9. The van der Waals surface area contributed by atoms with Crippen LogP contribution in [0.5, 0.6) is 0 Å². The summed E-state index contributed by atoms with van der Waals surface area (Å²) in [5.41, 5.74) is 7.20. The van der Waals surface area contributed by atoms with E-state index >= 15 is 0 Å². The predicted octanol–water partition coefficient (Wildman–Crippen LogP) is 2.28. The SMILES string of the molecule is CN(c1cccc(C(N)=NO)c1)c1nc(C2CC2)ns1. The first-order chi connectivity index (χ1) is 9.69. The van der Waals surface area contributed by atoms with Crippen molar-refractivity contribution in [2.45, 2.75) is 18.8 Å². The fourth-order valence-electron chi connectivity index (χ4n) is 1.91. The van der Waals surface area contributed by atoms with E-state index in [1.165, 1.54) is 24.4 Å². The van der Waals surface area contributed by atoms with Crippen molar-refractivity contribution in [3.63, 3.8) is 0 Å². The number of hydrogen-bond acceptors (Lipinski definition) is 6. The van der Waals surface area contributed by atoms with Crippen LogP contribution in [-0.4, -0.2) is 27.4 Å². The fourth-order valence-corrected chi connectivity index (χ4v) is 2.64. The number of hydrogen-bond donors (Lipinski definition) is 2. The number of rotatable bonds is 4. The lowest BCUT2D eigenvalue weighted by Gasteiger charge is -2.16. The molecule has 0 aliphatic heterocycles. The highest BCUT2D eigenvalue weighted by molar-refractivity contribution is 7.09. The largest absolute Gasteiger partial charge is 0.409 e. The molecule has 0 radical (unpaired) electrons. The van der Waals surface area contributed by atoms with Gasteiger partial charge >= 0.3 is 0 Å². The van der Waals surface area contributed by atoms with E-state index in [0.717, 1.165) is 16.6 Å². The number of nitrogens with zero attached hydrogens (tertiary/aromatic N) is 4. The second-order valence-electron chi connectivity index (χ2n) is 4.80. The lowest BCUT2D eigenvalue weighted by atomic mass is 10.2. The first-order valence-corrected chi connectivity index (χ1v) is 7.11. The average Bonchev–Trinajstić information content (AvgIpc) is 3.23. The van der Waals surface area contributed by atoms with E-state index in [1.807, 2.05) is 30.1 Å². The van der Waals surface area contributed by atoms with E-state index in [-0.39, 0.29) is 5.84 Å². The van der Waals surface area contributed by atoms with E-state index in [4.69, 9.17) is 10.9 Å². The van der Waals surface area contributed by atoms with Crippen molar-refractivity contribution in [1.29, 1.82) is 0 Å². The van der Waals surface area contributed by atoms with Crippen molar-refractivity contribution in [1.82, 2.24) is 9.36 Å². The standard InChI is InChI=1S/C13H15N5OS/c1-18(13-15-12(17-20-13)8-5-6-8)10-4-2-3-9(7-10)11(14)16-19/h2-4,7-8,19H,5-6H2,1H3,(H2,14,16). The summed E-state index contributed by atoms with van der Waals surface area (Å²) in [4.78, 5) is 6.52. The molecule has 1 aliphatic carbocycles. The van der Waals surface area contributed by atoms with Crippen LogP contribution in [0.4, 0.5) is 10.8 Å². The minimum absolute atomic E-state index is 0.0937. The molecule has 7 heteroatoms. The van der Waals surface area contributed by atoms with Crippen LogP contribution in [0.15, 0.2) is 29.4 Å². The Hall–Kier alpha value is -2.15. The molecule has 1 heterocycles. The molecule has 0 unspecified atom stereocenters. The number of nitrogens with two attached hydrogens (primary N) is 1. The van der Waals surface area contributed by atoms with Crippen LogP contribution in [-0.2, 0) is 0 Å². The molecule has 1 aromatic heterocycles. The molecule has 0 saturated heterocycles. The molecular formula is C13H15N5OS. The highest BCUT2D eigenvalue weighted by atomic mass is 32.1. The van der Waals surface area contributed by atoms with Gasteiger partial charge in [0.15, 0.2) is 5.84 Å². The zero-order chi connectivity index (χ0) is 14.1. The smallest absolute Gasteiger partial charge is 0.209 e. The van der Waals surface area contributed by atoms with Gasteiger partial charge < -0.3 is 15.8 Å². The number of aromatic nitrogens is 2.